The topological polar surface area (TPSA) is 140 Å². The lowest BCUT2D eigenvalue weighted by Crippen LogP contribution is -2.22. The second kappa shape index (κ2) is 9.49. The van der Waals surface area contributed by atoms with E-state index < -0.39 is 39.8 Å². The van der Waals surface area contributed by atoms with Crippen LogP contribution in [0.4, 0.5) is 29.2 Å². The van der Waals surface area contributed by atoms with Gasteiger partial charge in [-0.3, -0.25) is 4.99 Å². The van der Waals surface area contributed by atoms with Gasteiger partial charge >= 0.3 is 6.18 Å². The lowest BCUT2D eigenvalue weighted by Gasteiger charge is -2.15. The van der Waals surface area contributed by atoms with E-state index in [0.29, 0.717) is 6.20 Å². The summed E-state index contributed by atoms with van der Waals surface area (Å²) in [5, 5.41) is 17.3. The monoisotopic (exact) mass is 460 g/mol. The van der Waals surface area contributed by atoms with Gasteiger partial charge in [-0.2, -0.15) is 13.2 Å². The van der Waals surface area contributed by atoms with Gasteiger partial charge in [-0.05, 0) is 32.0 Å². The van der Waals surface area contributed by atoms with Crippen LogP contribution in [0.5, 0.6) is 0 Å². The first kappa shape index (κ1) is 24.4. The number of halogens is 4. The Labute approximate surface area is 177 Å². The molecule has 1 aromatic heterocycles. The molecular formula is C18H20F4N6O2S. The first-order valence-corrected chi connectivity index (χ1v) is 9.84. The summed E-state index contributed by atoms with van der Waals surface area (Å²) in [6.07, 6.45) is -2.35. The molecule has 0 fully saturated rings. The molecule has 0 amide bonds. The SMILES string of the molecule is CC(C)(O)CN=C/C(=C\N)c1nc(Nc2ccc(S(N)=O)cc2F)ncc1C(F)(F)F. The molecular weight excluding hydrogens is 440 g/mol. The quantitative estimate of drug-likeness (QED) is 0.370. The fourth-order valence-corrected chi connectivity index (χ4v) is 2.68. The first-order valence-electron chi connectivity index (χ1n) is 8.63. The van der Waals surface area contributed by atoms with Gasteiger partial charge in [0.15, 0.2) is 0 Å². The number of anilines is 2. The molecule has 0 saturated heterocycles. The Morgan fingerprint density at radius 2 is 2.03 bits per heavy atom. The zero-order valence-corrected chi connectivity index (χ0v) is 17.3. The number of hydrogen-bond donors (Lipinski definition) is 4. The summed E-state index contributed by atoms with van der Waals surface area (Å²) >= 11 is 0. The van der Waals surface area contributed by atoms with Gasteiger partial charge in [-0.1, -0.05) is 0 Å². The number of aliphatic imine (C=N–C) groups is 1. The van der Waals surface area contributed by atoms with E-state index in [1.54, 1.807) is 0 Å². The zero-order chi connectivity index (χ0) is 23.4. The van der Waals surface area contributed by atoms with Gasteiger partial charge in [-0.25, -0.2) is 23.7 Å². The number of nitrogens with two attached hydrogens (primary N) is 2. The highest BCUT2D eigenvalue weighted by Gasteiger charge is 2.36. The predicted octanol–water partition coefficient (Wildman–Crippen LogP) is 2.50. The molecule has 0 bridgehead atoms. The number of benzene rings is 1. The number of rotatable bonds is 7. The normalized spacial score (nSPS) is 14.1. The van der Waals surface area contributed by atoms with E-state index in [2.05, 4.69) is 20.3 Å². The maximum atomic E-state index is 14.2. The van der Waals surface area contributed by atoms with Crippen LogP contribution in [0.3, 0.4) is 0 Å². The van der Waals surface area contributed by atoms with Crippen molar-refractivity contribution in [3.8, 4) is 0 Å². The molecule has 0 aliphatic rings. The maximum Gasteiger partial charge on any atom is 0.419 e. The largest absolute Gasteiger partial charge is 0.419 e. The third-order valence-electron chi connectivity index (χ3n) is 3.68. The molecule has 168 valence electrons. The maximum absolute atomic E-state index is 14.2. The summed E-state index contributed by atoms with van der Waals surface area (Å²) in [6, 6.07) is 3.39. The van der Waals surface area contributed by atoms with Crippen LogP contribution in [0.1, 0.15) is 25.1 Å². The van der Waals surface area contributed by atoms with Crippen LogP contribution in [0.15, 0.2) is 40.5 Å². The van der Waals surface area contributed by atoms with Gasteiger partial charge in [0, 0.05) is 24.2 Å². The molecule has 31 heavy (non-hydrogen) atoms. The third kappa shape index (κ3) is 6.80. The lowest BCUT2D eigenvalue weighted by molar-refractivity contribution is -0.138. The van der Waals surface area contributed by atoms with E-state index in [9.17, 15) is 26.9 Å². The Morgan fingerprint density at radius 3 is 2.55 bits per heavy atom. The van der Waals surface area contributed by atoms with Crippen LogP contribution in [0, 0.1) is 5.82 Å². The molecule has 0 spiro atoms. The van der Waals surface area contributed by atoms with Crippen LogP contribution in [-0.4, -0.2) is 37.6 Å². The highest BCUT2D eigenvalue weighted by atomic mass is 32.2. The summed E-state index contributed by atoms with van der Waals surface area (Å²) in [5.74, 6) is -1.21. The van der Waals surface area contributed by atoms with Crippen LogP contribution in [-0.2, 0) is 17.2 Å². The molecule has 0 saturated carbocycles. The standard InChI is InChI=1S/C18H20F4N6O2S/c1-17(2,29)9-25-7-10(6-23)15-12(18(20,21)22)8-26-16(28-15)27-14-4-3-11(31(24)30)5-13(14)19/h3-8,29H,9,23-24H2,1-2H3,(H,26,27,28)/b10-6+,25-7?. The van der Waals surface area contributed by atoms with Crippen molar-refractivity contribution < 1.29 is 26.9 Å². The molecule has 1 atom stereocenters. The van der Waals surface area contributed by atoms with Crippen molar-refractivity contribution in [2.45, 2.75) is 30.5 Å². The molecule has 2 rings (SSSR count). The molecule has 1 unspecified atom stereocenters. The van der Waals surface area contributed by atoms with Crippen LogP contribution in [0.25, 0.3) is 5.57 Å². The van der Waals surface area contributed by atoms with E-state index in [1.165, 1.54) is 26.0 Å². The number of aliphatic hydroxyl groups is 1. The summed E-state index contributed by atoms with van der Waals surface area (Å²) < 4.78 is 65.8. The van der Waals surface area contributed by atoms with Gasteiger partial charge in [0.05, 0.1) is 28.4 Å². The minimum Gasteiger partial charge on any atom is -0.404 e. The average Bonchev–Trinajstić information content (AvgIpc) is 2.65. The Kier molecular flexibility index (Phi) is 7.46. The van der Waals surface area contributed by atoms with Crippen molar-refractivity contribution in [1.82, 2.24) is 9.97 Å². The number of allylic oxidation sites excluding steroid dienone is 1. The van der Waals surface area contributed by atoms with Gasteiger partial charge in [0.2, 0.25) is 5.95 Å². The van der Waals surface area contributed by atoms with Crippen molar-refractivity contribution in [1.29, 1.82) is 0 Å². The first-order chi connectivity index (χ1) is 14.3. The van der Waals surface area contributed by atoms with Crippen molar-refractivity contribution in [2.75, 3.05) is 11.9 Å². The number of aromatic nitrogens is 2. The average molecular weight is 460 g/mol. The molecule has 8 nitrogen and oxygen atoms in total. The van der Waals surface area contributed by atoms with E-state index in [0.717, 1.165) is 18.5 Å². The Balaban J connectivity index is 2.45. The summed E-state index contributed by atoms with van der Waals surface area (Å²) in [7, 11) is -1.91. The molecule has 0 aliphatic carbocycles. The molecule has 0 radical (unpaired) electrons. The summed E-state index contributed by atoms with van der Waals surface area (Å²) in [5.41, 5.74) is 2.16. The van der Waals surface area contributed by atoms with Crippen LogP contribution >= 0.6 is 0 Å². The summed E-state index contributed by atoms with van der Waals surface area (Å²) in [4.78, 5) is 11.3. The minimum atomic E-state index is -4.80. The zero-order valence-electron chi connectivity index (χ0n) is 16.4. The summed E-state index contributed by atoms with van der Waals surface area (Å²) in [6.45, 7) is 2.86. The molecule has 6 N–H and O–H groups in total. The van der Waals surface area contributed by atoms with E-state index in [4.69, 9.17) is 10.9 Å². The van der Waals surface area contributed by atoms with Crippen molar-refractivity contribution in [2.24, 2.45) is 15.9 Å². The molecule has 1 aromatic carbocycles. The number of nitrogens with one attached hydrogen (secondary N) is 1. The van der Waals surface area contributed by atoms with Crippen LogP contribution < -0.4 is 16.2 Å². The number of hydrogen-bond acceptors (Lipinski definition) is 7. The minimum absolute atomic E-state index is 0.0217. The van der Waals surface area contributed by atoms with Crippen molar-refractivity contribution in [3.05, 3.63) is 47.7 Å². The lowest BCUT2D eigenvalue weighted by atomic mass is 10.1. The Bertz CT molecular complexity index is 1030. The Morgan fingerprint density at radius 1 is 1.35 bits per heavy atom. The van der Waals surface area contributed by atoms with E-state index in [-0.39, 0.29) is 28.6 Å². The second-order valence-corrected chi connectivity index (χ2v) is 7.99. The highest BCUT2D eigenvalue weighted by Crippen LogP contribution is 2.34. The van der Waals surface area contributed by atoms with E-state index in [1.807, 2.05) is 0 Å². The molecule has 13 heteroatoms. The van der Waals surface area contributed by atoms with Crippen molar-refractivity contribution >= 4 is 34.4 Å². The van der Waals surface area contributed by atoms with Gasteiger partial charge in [0.25, 0.3) is 0 Å². The number of alkyl halides is 3. The van der Waals surface area contributed by atoms with Gasteiger partial charge < -0.3 is 16.2 Å². The fraction of sp³-hybridized carbons (Fsp3) is 0.278. The molecule has 0 aliphatic heterocycles. The van der Waals surface area contributed by atoms with Gasteiger partial charge in [-0.15, -0.1) is 0 Å². The van der Waals surface area contributed by atoms with E-state index >= 15 is 0 Å². The van der Waals surface area contributed by atoms with Crippen LogP contribution in [0.2, 0.25) is 0 Å². The second-order valence-electron chi connectivity index (χ2n) is 6.92. The third-order valence-corrected chi connectivity index (χ3v) is 4.39. The van der Waals surface area contributed by atoms with Gasteiger partial charge in [0.1, 0.15) is 22.4 Å². The highest BCUT2D eigenvalue weighted by molar-refractivity contribution is 7.82. The Hall–Kier alpha value is -2.90. The molecule has 2 aromatic rings. The smallest absolute Gasteiger partial charge is 0.404 e. The van der Waals surface area contributed by atoms with Crippen molar-refractivity contribution in [3.63, 3.8) is 0 Å². The molecule has 1 heterocycles. The predicted molar refractivity (Wildman–Crippen MR) is 109 cm³/mol. The number of nitrogens with zero attached hydrogens (tertiary/aromatic N) is 3. The fourth-order valence-electron chi connectivity index (χ4n) is 2.26.